The SMILES string of the molecule is Cc1nc(N2CCC(C(=O)N(C)CC3CCCCO3)CC2)nc2ccccc12. The van der Waals surface area contributed by atoms with E-state index in [1.165, 1.54) is 6.42 Å². The summed E-state index contributed by atoms with van der Waals surface area (Å²) in [5.41, 5.74) is 1.99. The number of hydrogen-bond donors (Lipinski definition) is 0. The van der Waals surface area contributed by atoms with Gasteiger partial charge in [-0.25, -0.2) is 9.97 Å². The molecule has 28 heavy (non-hydrogen) atoms. The van der Waals surface area contributed by atoms with Crippen LogP contribution in [-0.2, 0) is 9.53 Å². The van der Waals surface area contributed by atoms with Gasteiger partial charge < -0.3 is 14.5 Å². The third kappa shape index (κ3) is 4.12. The van der Waals surface area contributed by atoms with E-state index in [-0.39, 0.29) is 17.9 Å². The minimum atomic E-state index is 0.0893. The Balaban J connectivity index is 1.35. The molecule has 0 N–H and O–H groups in total. The van der Waals surface area contributed by atoms with Crippen LogP contribution in [0.5, 0.6) is 0 Å². The molecule has 1 atom stereocenters. The molecular weight excluding hydrogens is 352 g/mol. The maximum atomic E-state index is 12.9. The molecule has 1 unspecified atom stereocenters. The van der Waals surface area contributed by atoms with Gasteiger partial charge in [-0.3, -0.25) is 4.79 Å². The zero-order valence-corrected chi connectivity index (χ0v) is 16.9. The molecule has 4 rings (SSSR count). The van der Waals surface area contributed by atoms with Crippen LogP contribution >= 0.6 is 0 Å². The van der Waals surface area contributed by atoms with Crippen LogP contribution in [0.4, 0.5) is 5.95 Å². The van der Waals surface area contributed by atoms with Crippen LogP contribution in [0.15, 0.2) is 24.3 Å². The number of amides is 1. The van der Waals surface area contributed by atoms with Crippen LogP contribution in [0.25, 0.3) is 10.9 Å². The molecule has 2 aliphatic heterocycles. The first kappa shape index (κ1) is 19.1. The third-order valence-electron chi connectivity index (χ3n) is 6.04. The third-order valence-corrected chi connectivity index (χ3v) is 6.04. The molecule has 150 valence electrons. The summed E-state index contributed by atoms with van der Waals surface area (Å²) < 4.78 is 5.79. The van der Waals surface area contributed by atoms with E-state index in [2.05, 4.69) is 11.0 Å². The first-order valence-electron chi connectivity index (χ1n) is 10.5. The van der Waals surface area contributed by atoms with Crippen molar-refractivity contribution in [3.8, 4) is 0 Å². The highest BCUT2D eigenvalue weighted by Gasteiger charge is 2.29. The molecule has 2 fully saturated rings. The van der Waals surface area contributed by atoms with Crippen molar-refractivity contribution in [3.05, 3.63) is 30.0 Å². The minimum absolute atomic E-state index is 0.0893. The number of nitrogens with zero attached hydrogens (tertiary/aromatic N) is 4. The summed E-state index contributed by atoms with van der Waals surface area (Å²) in [6.45, 7) is 5.22. The number of aromatic nitrogens is 2. The fourth-order valence-electron chi connectivity index (χ4n) is 4.35. The number of aryl methyl sites for hydroxylation is 1. The summed E-state index contributed by atoms with van der Waals surface area (Å²) >= 11 is 0. The van der Waals surface area contributed by atoms with Crippen molar-refractivity contribution in [2.75, 3.05) is 38.2 Å². The second-order valence-corrected chi connectivity index (χ2v) is 8.09. The molecule has 1 amide bonds. The van der Waals surface area contributed by atoms with Gasteiger partial charge in [-0.05, 0) is 45.1 Å². The Kier molecular flexibility index (Phi) is 5.76. The fraction of sp³-hybridized carbons (Fsp3) is 0.591. The molecule has 2 aliphatic rings. The lowest BCUT2D eigenvalue weighted by Crippen LogP contribution is -2.44. The molecule has 0 radical (unpaired) electrons. The van der Waals surface area contributed by atoms with Crippen molar-refractivity contribution in [2.45, 2.75) is 45.1 Å². The van der Waals surface area contributed by atoms with Crippen LogP contribution in [0.3, 0.4) is 0 Å². The number of anilines is 1. The largest absolute Gasteiger partial charge is 0.376 e. The lowest BCUT2D eigenvalue weighted by Gasteiger charge is -2.34. The summed E-state index contributed by atoms with van der Waals surface area (Å²) in [6.07, 6.45) is 5.32. The van der Waals surface area contributed by atoms with Gasteiger partial charge in [-0.15, -0.1) is 0 Å². The molecule has 0 spiro atoms. The molecule has 1 aromatic carbocycles. The van der Waals surface area contributed by atoms with E-state index in [0.29, 0.717) is 6.54 Å². The van der Waals surface area contributed by atoms with E-state index < -0.39 is 0 Å². The Morgan fingerprint density at radius 2 is 1.96 bits per heavy atom. The standard InChI is InChI=1S/C22H30N4O2/c1-16-19-8-3-4-9-20(19)24-22(23-16)26-12-10-17(11-13-26)21(27)25(2)15-18-7-5-6-14-28-18/h3-4,8-9,17-18H,5-7,10-15H2,1-2H3. The van der Waals surface area contributed by atoms with Crippen molar-refractivity contribution in [3.63, 3.8) is 0 Å². The van der Waals surface area contributed by atoms with Gasteiger partial charge in [-0.1, -0.05) is 18.2 Å². The predicted molar refractivity (Wildman–Crippen MR) is 110 cm³/mol. The van der Waals surface area contributed by atoms with Gasteiger partial charge in [0.1, 0.15) is 0 Å². The molecule has 6 heteroatoms. The van der Waals surface area contributed by atoms with Gasteiger partial charge in [0, 0.05) is 44.6 Å². The van der Waals surface area contributed by atoms with Crippen LogP contribution < -0.4 is 4.90 Å². The van der Waals surface area contributed by atoms with Crippen LogP contribution in [0.1, 0.15) is 37.8 Å². The van der Waals surface area contributed by atoms with Gasteiger partial charge in [0.15, 0.2) is 0 Å². The lowest BCUT2D eigenvalue weighted by molar-refractivity contribution is -0.137. The number of para-hydroxylation sites is 1. The number of ether oxygens (including phenoxy) is 1. The number of carbonyl (C=O) groups excluding carboxylic acids is 1. The Hall–Kier alpha value is -2.21. The number of piperidine rings is 1. The predicted octanol–water partition coefficient (Wildman–Crippen LogP) is 3.18. The zero-order chi connectivity index (χ0) is 19.5. The monoisotopic (exact) mass is 382 g/mol. The fourth-order valence-corrected chi connectivity index (χ4v) is 4.35. The van der Waals surface area contributed by atoms with E-state index >= 15 is 0 Å². The summed E-state index contributed by atoms with van der Waals surface area (Å²) in [5.74, 6) is 1.13. The molecule has 2 aromatic rings. The summed E-state index contributed by atoms with van der Waals surface area (Å²) in [5, 5.41) is 1.10. The Labute approximate surface area is 166 Å². The molecule has 0 saturated carbocycles. The van der Waals surface area contributed by atoms with Crippen LogP contribution in [0.2, 0.25) is 0 Å². The van der Waals surface area contributed by atoms with Crippen molar-refractivity contribution in [2.24, 2.45) is 5.92 Å². The number of rotatable bonds is 4. The number of benzene rings is 1. The number of carbonyl (C=O) groups is 1. The normalized spacial score (nSPS) is 21.1. The molecular formula is C22H30N4O2. The smallest absolute Gasteiger partial charge is 0.226 e. The average molecular weight is 383 g/mol. The quantitative estimate of drug-likeness (QED) is 0.813. The van der Waals surface area contributed by atoms with E-state index in [4.69, 9.17) is 14.7 Å². The Morgan fingerprint density at radius 1 is 1.18 bits per heavy atom. The van der Waals surface area contributed by atoms with Crippen molar-refractivity contribution >= 4 is 22.8 Å². The van der Waals surface area contributed by atoms with Crippen LogP contribution in [0, 0.1) is 12.8 Å². The van der Waals surface area contributed by atoms with Gasteiger partial charge in [-0.2, -0.15) is 0 Å². The Morgan fingerprint density at radius 3 is 2.71 bits per heavy atom. The first-order chi connectivity index (χ1) is 13.6. The van der Waals surface area contributed by atoms with E-state index in [1.807, 2.05) is 37.1 Å². The summed E-state index contributed by atoms with van der Waals surface area (Å²) in [6, 6.07) is 8.12. The summed E-state index contributed by atoms with van der Waals surface area (Å²) in [7, 11) is 1.92. The second-order valence-electron chi connectivity index (χ2n) is 8.09. The van der Waals surface area contributed by atoms with E-state index in [1.54, 1.807) is 0 Å². The van der Waals surface area contributed by atoms with Gasteiger partial charge in [0.25, 0.3) is 0 Å². The number of likely N-dealkylation sites (N-methyl/N-ethyl adjacent to an activating group) is 1. The van der Waals surface area contributed by atoms with Crippen molar-refractivity contribution in [1.82, 2.24) is 14.9 Å². The van der Waals surface area contributed by atoms with Crippen molar-refractivity contribution in [1.29, 1.82) is 0 Å². The zero-order valence-electron chi connectivity index (χ0n) is 16.9. The lowest BCUT2D eigenvalue weighted by atomic mass is 9.95. The van der Waals surface area contributed by atoms with Gasteiger partial charge in [0.05, 0.1) is 17.3 Å². The minimum Gasteiger partial charge on any atom is -0.376 e. The summed E-state index contributed by atoms with van der Waals surface area (Å²) in [4.78, 5) is 26.4. The van der Waals surface area contributed by atoms with E-state index in [9.17, 15) is 4.79 Å². The topological polar surface area (TPSA) is 58.6 Å². The maximum absolute atomic E-state index is 12.9. The highest BCUT2D eigenvalue weighted by molar-refractivity contribution is 5.82. The van der Waals surface area contributed by atoms with Crippen LogP contribution in [-0.4, -0.2) is 60.2 Å². The second kappa shape index (κ2) is 8.43. The molecule has 0 aliphatic carbocycles. The maximum Gasteiger partial charge on any atom is 0.226 e. The molecule has 3 heterocycles. The number of hydrogen-bond acceptors (Lipinski definition) is 5. The first-order valence-corrected chi connectivity index (χ1v) is 10.5. The highest BCUT2D eigenvalue weighted by atomic mass is 16.5. The number of fused-ring (bicyclic) bond motifs is 1. The molecule has 2 saturated heterocycles. The average Bonchev–Trinajstić information content (AvgIpc) is 2.74. The van der Waals surface area contributed by atoms with Gasteiger partial charge in [0.2, 0.25) is 11.9 Å². The van der Waals surface area contributed by atoms with E-state index in [0.717, 1.165) is 67.9 Å². The molecule has 6 nitrogen and oxygen atoms in total. The Bertz CT molecular complexity index is 826. The molecule has 0 bridgehead atoms. The molecule has 1 aromatic heterocycles. The van der Waals surface area contributed by atoms with Gasteiger partial charge >= 0.3 is 0 Å². The highest BCUT2D eigenvalue weighted by Crippen LogP contribution is 2.25. The van der Waals surface area contributed by atoms with Crippen molar-refractivity contribution < 1.29 is 9.53 Å².